The molecule has 0 aliphatic heterocycles. The normalized spacial score (nSPS) is 17.2. The molecule has 0 radical (unpaired) electrons. The maximum atomic E-state index is 8.12. The van der Waals surface area contributed by atoms with Crippen molar-refractivity contribution in [2.45, 2.75) is 32.1 Å². The number of hydrogen-bond donors (Lipinski definition) is 3. The summed E-state index contributed by atoms with van der Waals surface area (Å²) < 4.78 is 1.54. The Hall–Kier alpha value is -1.65. The third kappa shape index (κ3) is 1.98. The Labute approximate surface area is 94.3 Å². The molecule has 0 aromatic carbocycles. The molecule has 1 aliphatic carbocycles. The van der Waals surface area contributed by atoms with Gasteiger partial charge in [0.1, 0.15) is 5.84 Å². The summed E-state index contributed by atoms with van der Waals surface area (Å²) >= 11 is 0. The lowest BCUT2D eigenvalue weighted by Gasteiger charge is -2.23. The minimum Gasteiger partial charge on any atom is -0.381 e. The van der Waals surface area contributed by atoms with Crippen molar-refractivity contribution in [2.75, 3.05) is 5.73 Å². The van der Waals surface area contributed by atoms with Crippen molar-refractivity contribution in [1.82, 2.24) is 9.55 Å². The molecule has 1 aliphatic rings. The van der Waals surface area contributed by atoms with Crippen LogP contribution in [0.15, 0.2) is 12.4 Å². The van der Waals surface area contributed by atoms with Crippen LogP contribution in [0.25, 0.3) is 0 Å². The van der Waals surface area contributed by atoms with Gasteiger partial charge in [-0.05, 0) is 12.8 Å². The summed E-state index contributed by atoms with van der Waals surface area (Å²) in [4.78, 5) is 3.84. The summed E-state index contributed by atoms with van der Waals surface area (Å²) in [7, 11) is 0. The van der Waals surface area contributed by atoms with Crippen LogP contribution in [0, 0.1) is 16.7 Å². The molecule has 4 N–H and O–H groups in total. The zero-order valence-electron chi connectivity index (χ0n) is 9.24. The van der Waals surface area contributed by atoms with Gasteiger partial charge in [-0.25, -0.2) is 4.98 Å². The first kappa shape index (κ1) is 10.9. The summed E-state index contributed by atoms with van der Waals surface area (Å²) in [6.07, 6.45) is 8.92. The Bertz CT molecular complexity index is 442. The lowest BCUT2D eigenvalue weighted by atomic mass is 9.88. The van der Waals surface area contributed by atoms with Gasteiger partial charge in [-0.3, -0.25) is 15.4 Å². The van der Waals surface area contributed by atoms with Crippen molar-refractivity contribution in [3.05, 3.63) is 17.9 Å². The van der Waals surface area contributed by atoms with Crippen LogP contribution in [-0.4, -0.2) is 15.4 Å². The molecule has 0 amide bonds. The lowest BCUT2D eigenvalue weighted by Crippen LogP contribution is -2.34. The molecule has 86 valence electrons. The summed E-state index contributed by atoms with van der Waals surface area (Å²) in [6.45, 7) is 0. The van der Waals surface area contributed by atoms with Gasteiger partial charge in [-0.2, -0.15) is 0 Å². The Morgan fingerprint density at radius 3 is 2.75 bits per heavy atom. The van der Waals surface area contributed by atoms with Crippen LogP contribution in [0.1, 0.15) is 32.1 Å². The van der Waals surface area contributed by atoms with Crippen molar-refractivity contribution < 1.29 is 0 Å². The fourth-order valence-electron chi connectivity index (χ4n) is 2.21. The number of rotatable bonds is 1. The maximum Gasteiger partial charge on any atom is 0.173 e. The van der Waals surface area contributed by atoms with Crippen molar-refractivity contribution in [1.29, 1.82) is 10.8 Å². The number of nitrogens with two attached hydrogens (primary N) is 1. The monoisotopic (exact) mass is 219 g/mol. The van der Waals surface area contributed by atoms with E-state index in [9.17, 15) is 0 Å². The van der Waals surface area contributed by atoms with Gasteiger partial charge in [0.15, 0.2) is 11.3 Å². The van der Waals surface area contributed by atoms with Crippen molar-refractivity contribution in [3.8, 4) is 0 Å². The topological polar surface area (TPSA) is 91.5 Å². The largest absolute Gasteiger partial charge is 0.381 e. The smallest absolute Gasteiger partial charge is 0.173 e. The number of nitrogens with zero attached hydrogens (tertiary/aromatic N) is 2. The highest BCUT2D eigenvalue weighted by Crippen LogP contribution is 2.24. The van der Waals surface area contributed by atoms with Crippen LogP contribution >= 0.6 is 0 Å². The second kappa shape index (κ2) is 4.47. The van der Waals surface area contributed by atoms with Crippen molar-refractivity contribution in [3.63, 3.8) is 0 Å². The van der Waals surface area contributed by atoms with E-state index in [1.165, 1.54) is 19.3 Å². The maximum absolute atomic E-state index is 8.12. The predicted octanol–water partition coefficient (Wildman–Crippen LogP) is 1.35. The van der Waals surface area contributed by atoms with E-state index in [4.69, 9.17) is 16.6 Å². The molecule has 0 unspecified atom stereocenters. The van der Waals surface area contributed by atoms with Crippen LogP contribution in [0.2, 0.25) is 0 Å². The SMILES string of the molecule is N=C(C1CCCCC1)n1ccnc(N)c1=N. The zero-order chi connectivity index (χ0) is 11.5. The second-order valence-corrected chi connectivity index (χ2v) is 4.25. The molecule has 1 heterocycles. The van der Waals surface area contributed by atoms with Crippen LogP contribution in [0.4, 0.5) is 5.82 Å². The van der Waals surface area contributed by atoms with Gasteiger partial charge in [0, 0.05) is 18.3 Å². The van der Waals surface area contributed by atoms with E-state index in [0.29, 0.717) is 5.84 Å². The van der Waals surface area contributed by atoms with Crippen LogP contribution in [-0.2, 0) is 0 Å². The minimum atomic E-state index is 0.123. The molecule has 1 aromatic rings. The Kier molecular flexibility index (Phi) is 3.03. The number of nitrogen functional groups attached to an aromatic ring is 1. The van der Waals surface area contributed by atoms with Gasteiger partial charge in [-0.15, -0.1) is 0 Å². The molecule has 16 heavy (non-hydrogen) atoms. The fraction of sp³-hybridized carbons (Fsp3) is 0.545. The van der Waals surface area contributed by atoms with Gasteiger partial charge in [0.2, 0.25) is 0 Å². The third-order valence-electron chi connectivity index (χ3n) is 3.16. The van der Waals surface area contributed by atoms with E-state index < -0.39 is 0 Å². The van der Waals surface area contributed by atoms with Crippen LogP contribution in [0.5, 0.6) is 0 Å². The average Bonchev–Trinajstić information content (AvgIpc) is 2.33. The number of hydrogen-bond acceptors (Lipinski definition) is 4. The molecule has 1 aromatic heterocycles. The first-order valence-corrected chi connectivity index (χ1v) is 5.66. The van der Waals surface area contributed by atoms with Gasteiger partial charge >= 0.3 is 0 Å². The number of anilines is 1. The van der Waals surface area contributed by atoms with E-state index in [1.54, 1.807) is 17.0 Å². The van der Waals surface area contributed by atoms with Crippen LogP contribution < -0.4 is 11.2 Å². The molecular formula is C11H17N5. The Morgan fingerprint density at radius 1 is 1.38 bits per heavy atom. The summed E-state index contributed by atoms with van der Waals surface area (Å²) in [5.41, 5.74) is 5.70. The summed E-state index contributed by atoms with van der Waals surface area (Å²) in [6, 6.07) is 0. The van der Waals surface area contributed by atoms with E-state index in [1.807, 2.05) is 0 Å². The minimum absolute atomic E-state index is 0.123. The van der Waals surface area contributed by atoms with Gasteiger partial charge in [-0.1, -0.05) is 19.3 Å². The van der Waals surface area contributed by atoms with Gasteiger partial charge in [0.05, 0.1) is 0 Å². The number of aromatic nitrogens is 2. The van der Waals surface area contributed by atoms with Crippen LogP contribution in [0.3, 0.4) is 0 Å². The van der Waals surface area contributed by atoms with Crippen molar-refractivity contribution >= 4 is 11.7 Å². The fourth-order valence-corrected chi connectivity index (χ4v) is 2.21. The second-order valence-electron chi connectivity index (χ2n) is 4.25. The Balaban J connectivity index is 2.26. The van der Waals surface area contributed by atoms with E-state index in [-0.39, 0.29) is 17.2 Å². The predicted molar refractivity (Wildman–Crippen MR) is 62.2 cm³/mol. The molecule has 5 heteroatoms. The molecule has 1 fully saturated rings. The average molecular weight is 219 g/mol. The third-order valence-corrected chi connectivity index (χ3v) is 3.16. The Morgan fingerprint density at radius 2 is 2.06 bits per heavy atom. The number of nitrogens with one attached hydrogen (secondary N) is 2. The molecule has 0 bridgehead atoms. The van der Waals surface area contributed by atoms with Crippen molar-refractivity contribution in [2.24, 2.45) is 5.92 Å². The molecule has 5 nitrogen and oxygen atoms in total. The highest BCUT2D eigenvalue weighted by atomic mass is 15.1. The summed E-state index contributed by atoms with van der Waals surface area (Å²) in [5.74, 6) is 0.937. The molecule has 2 rings (SSSR count). The highest BCUT2D eigenvalue weighted by molar-refractivity contribution is 5.83. The van der Waals surface area contributed by atoms with E-state index >= 15 is 0 Å². The molecular weight excluding hydrogens is 202 g/mol. The van der Waals surface area contributed by atoms with Gasteiger partial charge in [0.25, 0.3) is 0 Å². The van der Waals surface area contributed by atoms with Gasteiger partial charge < -0.3 is 5.73 Å². The molecule has 0 spiro atoms. The molecule has 0 saturated heterocycles. The lowest BCUT2D eigenvalue weighted by molar-refractivity contribution is 0.430. The molecule has 1 saturated carbocycles. The van der Waals surface area contributed by atoms with E-state index in [0.717, 1.165) is 12.8 Å². The standard InChI is InChI=1S/C11H17N5/c12-9-11(14)16(7-6-15-9)10(13)8-4-2-1-3-5-8/h6-8,13-14H,1-5H2,(H2,12,15). The summed E-state index contributed by atoms with van der Waals surface area (Å²) in [5, 5.41) is 15.9. The first-order valence-electron chi connectivity index (χ1n) is 5.66. The quantitative estimate of drug-likeness (QED) is 0.491. The molecule has 0 atom stereocenters. The zero-order valence-corrected chi connectivity index (χ0v) is 9.24. The first-order chi connectivity index (χ1) is 7.70. The van der Waals surface area contributed by atoms with E-state index in [2.05, 4.69) is 4.98 Å². The highest BCUT2D eigenvalue weighted by Gasteiger charge is 2.19.